The molecule has 2 N–H and O–H groups in total. The average molecular weight is 203 g/mol. The minimum atomic E-state index is -3.42. The molecule has 13 heavy (non-hydrogen) atoms. The van der Waals surface area contributed by atoms with Gasteiger partial charge in [0.05, 0.1) is 16.3 Å². The van der Waals surface area contributed by atoms with Gasteiger partial charge in [-0.25, -0.2) is 12.8 Å². The molecular weight excluding hydrogens is 193 g/mol. The van der Waals surface area contributed by atoms with Gasteiger partial charge in [-0.05, 0) is 12.1 Å². The molecule has 1 aromatic carbocycles. The zero-order valence-corrected chi connectivity index (χ0v) is 7.94. The van der Waals surface area contributed by atoms with Crippen LogP contribution in [0.15, 0.2) is 23.1 Å². The van der Waals surface area contributed by atoms with E-state index in [0.29, 0.717) is 0 Å². The lowest BCUT2D eigenvalue weighted by atomic mass is 10.3. The summed E-state index contributed by atoms with van der Waals surface area (Å²) in [7, 11) is -3.42. The first-order valence-electron chi connectivity index (χ1n) is 3.75. The topological polar surface area (TPSA) is 60.2 Å². The molecule has 72 valence electrons. The zero-order chi connectivity index (χ0) is 10.1. The van der Waals surface area contributed by atoms with Gasteiger partial charge < -0.3 is 5.73 Å². The molecule has 0 heterocycles. The number of sulfone groups is 1. The SMILES string of the molecule is CCS(=O)(=O)c1cccc(F)c1N. The van der Waals surface area contributed by atoms with Crippen molar-refractivity contribution in [1.82, 2.24) is 0 Å². The van der Waals surface area contributed by atoms with E-state index >= 15 is 0 Å². The number of nitrogen functional groups attached to an aromatic ring is 1. The first-order valence-corrected chi connectivity index (χ1v) is 5.41. The van der Waals surface area contributed by atoms with Gasteiger partial charge in [0.1, 0.15) is 5.82 Å². The van der Waals surface area contributed by atoms with Gasteiger partial charge in [-0.15, -0.1) is 0 Å². The van der Waals surface area contributed by atoms with Gasteiger partial charge >= 0.3 is 0 Å². The Hall–Kier alpha value is -1.10. The van der Waals surface area contributed by atoms with Crippen molar-refractivity contribution < 1.29 is 12.8 Å². The predicted octanol–water partition coefficient (Wildman–Crippen LogP) is 1.20. The van der Waals surface area contributed by atoms with E-state index in [0.717, 1.165) is 6.07 Å². The minimum Gasteiger partial charge on any atom is -0.395 e. The highest BCUT2D eigenvalue weighted by molar-refractivity contribution is 7.91. The molecule has 0 radical (unpaired) electrons. The van der Waals surface area contributed by atoms with Crippen molar-refractivity contribution >= 4 is 15.5 Å². The molecule has 0 saturated carbocycles. The monoisotopic (exact) mass is 203 g/mol. The molecule has 0 amide bonds. The van der Waals surface area contributed by atoms with Crippen molar-refractivity contribution in [2.24, 2.45) is 0 Å². The fourth-order valence-corrected chi connectivity index (χ4v) is 1.97. The molecule has 0 spiro atoms. The highest BCUT2D eigenvalue weighted by atomic mass is 32.2. The molecule has 0 saturated heterocycles. The molecule has 1 rings (SSSR count). The maximum atomic E-state index is 12.9. The van der Waals surface area contributed by atoms with Crippen LogP contribution in [0.5, 0.6) is 0 Å². The summed E-state index contributed by atoms with van der Waals surface area (Å²) in [4.78, 5) is -0.130. The zero-order valence-electron chi connectivity index (χ0n) is 7.12. The molecular formula is C8H10FNO2S. The Morgan fingerprint density at radius 1 is 1.46 bits per heavy atom. The summed E-state index contributed by atoms with van der Waals surface area (Å²) >= 11 is 0. The molecule has 3 nitrogen and oxygen atoms in total. The van der Waals surface area contributed by atoms with E-state index in [1.165, 1.54) is 19.1 Å². The van der Waals surface area contributed by atoms with Crippen molar-refractivity contribution in [3.05, 3.63) is 24.0 Å². The summed E-state index contributed by atoms with van der Waals surface area (Å²) in [5.41, 5.74) is 4.99. The fourth-order valence-electron chi connectivity index (χ4n) is 0.944. The van der Waals surface area contributed by atoms with Gasteiger partial charge in [0.25, 0.3) is 0 Å². The minimum absolute atomic E-state index is 0.0827. The lowest BCUT2D eigenvalue weighted by molar-refractivity contribution is 0.593. The largest absolute Gasteiger partial charge is 0.395 e. The lowest BCUT2D eigenvalue weighted by Crippen LogP contribution is -2.08. The molecule has 0 aromatic heterocycles. The quantitative estimate of drug-likeness (QED) is 0.735. The third-order valence-corrected chi connectivity index (χ3v) is 3.51. The first-order chi connectivity index (χ1) is 5.99. The Labute approximate surface area is 76.3 Å². The van der Waals surface area contributed by atoms with E-state index < -0.39 is 15.7 Å². The second-order valence-corrected chi connectivity index (χ2v) is 4.80. The third-order valence-electron chi connectivity index (χ3n) is 1.73. The van der Waals surface area contributed by atoms with Gasteiger partial charge in [-0.2, -0.15) is 0 Å². The van der Waals surface area contributed by atoms with Crippen molar-refractivity contribution in [2.75, 3.05) is 11.5 Å². The van der Waals surface area contributed by atoms with E-state index in [-0.39, 0.29) is 16.3 Å². The van der Waals surface area contributed by atoms with Crippen molar-refractivity contribution in [3.8, 4) is 0 Å². The van der Waals surface area contributed by atoms with E-state index in [2.05, 4.69) is 0 Å². The number of halogens is 1. The number of anilines is 1. The molecule has 0 aliphatic carbocycles. The van der Waals surface area contributed by atoms with Crippen LogP contribution in [0.25, 0.3) is 0 Å². The van der Waals surface area contributed by atoms with E-state index in [1.54, 1.807) is 0 Å². The van der Waals surface area contributed by atoms with Gasteiger partial charge in [-0.1, -0.05) is 13.0 Å². The van der Waals surface area contributed by atoms with Crippen LogP contribution in [0.2, 0.25) is 0 Å². The van der Waals surface area contributed by atoms with Crippen LogP contribution >= 0.6 is 0 Å². The van der Waals surface area contributed by atoms with Crippen LogP contribution in [0.3, 0.4) is 0 Å². The van der Waals surface area contributed by atoms with Crippen LogP contribution < -0.4 is 5.73 Å². The van der Waals surface area contributed by atoms with Crippen LogP contribution in [-0.2, 0) is 9.84 Å². The summed E-state index contributed by atoms with van der Waals surface area (Å²) in [6, 6.07) is 3.76. The molecule has 0 aliphatic heterocycles. The van der Waals surface area contributed by atoms with E-state index in [1.807, 2.05) is 0 Å². The second kappa shape index (κ2) is 3.33. The van der Waals surface area contributed by atoms with Crippen LogP contribution in [0.4, 0.5) is 10.1 Å². The highest BCUT2D eigenvalue weighted by Crippen LogP contribution is 2.21. The Morgan fingerprint density at radius 2 is 2.08 bits per heavy atom. The molecule has 0 aliphatic rings. The summed E-state index contributed by atoms with van der Waals surface area (Å²) in [5, 5.41) is 0. The number of rotatable bonds is 2. The number of nitrogens with two attached hydrogens (primary N) is 1. The van der Waals surface area contributed by atoms with Crippen molar-refractivity contribution in [2.45, 2.75) is 11.8 Å². The maximum absolute atomic E-state index is 12.9. The van der Waals surface area contributed by atoms with Gasteiger partial charge in [0, 0.05) is 0 Å². The fraction of sp³-hybridized carbons (Fsp3) is 0.250. The molecule has 1 aromatic rings. The standard InChI is InChI=1S/C8H10FNO2S/c1-2-13(11,12)7-5-3-4-6(9)8(7)10/h3-5H,2,10H2,1H3. The van der Waals surface area contributed by atoms with Gasteiger partial charge in [-0.3, -0.25) is 0 Å². The smallest absolute Gasteiger partial charge is 0.180 e. The first kappa shape index (κ1) is 9.98. The summed E-state index contributed by atoms with van der Waals surface area (Å²) in [5.74, 6) is -0.782. The van der Waals surface area contributed by atoms with Gasteiger partial charge in [0.2, 0.25) is 0 Å². The molecule has 5 heteroatoms. The Kier molecular flexibility index (Phi) is 2.56. The molecule has 0 atom stereocenters. The number of hydrogen-bond donors (Lipinski definition) is 1. The highest BCUT2D eigenvalue weighted by Gasteiger charge is 2.16. The Morgan fingerprint density at radius 3 is 2.62 bits per heavy atom. The number of para-hydroxylation sites is 1. The normalized spacial score (nSPS) is 11.5. The summed E-state index contributed by atoms with van der Waals surface area (Å²) < 4.78 is 35.5. The molecule has 0 unspecified atom stereocenters. The molecule has 0 fully saturated rings. The number of hydrogen-bond acceptors (Lipinski definition) is 3. The van der Waals surface area contributed by atoms with Crippen LogP contribution in [-0.4, -0.2) is 14.2 Å². The van der Waals surface area contributed by atoms with E-state index in [4.69, 9.17) is 5.73 Å². The average Bonchev–Trinajstić information content (AvgIpc) is 2.09. The van der Waals surface area contributed by atoms with Gasteiger partial charge in [0.15, 0.2) is 9.84 Å². The molecule has 0 bridgehead atoms. The maximum Gasteiger partial charge on any atom is 0.180 e. The lowest BCUT2D eigenvalue weighted by Gasteiger charge is -2.05. The second-order valence-electron chi connectivity index (χ2n) is 2.56. The van der Waals surface area contributed by atoms with Crippen LogP contribution in [0, 0.1) is 5.82 Å². The summed E-state index contributed by atoms with van der Waals surface area (Å²) in [6.45, 7) is 1.49. The van der Waals surface area contributed by atoms with Crippen molar-refractivity contribution in [1.29, 1.82) is 0 Å². The van der Waals surface area contributed by atoms with Crippen molar-refractivity contribution in [3.63, 3.8) is 0 Å². The summed E-state index contributed by atoms with van der Waals surface area (Å²) in [6.07, 6.45) is 0. The predicted molar refractivity (Wildman–Crippen MR) is 48.5 cm³/mol. The Balaban J connectivity index is 3.40. The number of benzene rings is 1. The van der Waals surface area contributed by atoms with Crippen LogP contribution in [0.1, 0.15) is 6.92 Å². The Bertz CT molecular complexity index is 414. The van der Waals surface area contributed by atoms with E-state index in [9.17, 15) is 12.8 Å². The third kappa shape index (κ3) is 1.80.